The first-order valence-corrected chi connectivity index (χ1v) is 19.6. The van der Waals surface area contributed by atoms with Crippen LogP contribution >= 0.6 is 31.9 Å². The first-order valence-electron chi connectivity index (χ1n) is 18.0. The van der Waals surface area contributed by atoms with Gasteiger partial charge in [0, 0.05) is 48.8 Å². The number of aryl methyl sites for hydroxylation is 4. The molecule has 0 spiro atoms. The molecule has 10 heteroatoms. The molecule has 0 unspecified atom stereocenters. The van der Waals surface area contributed by atoms with E-state index < -0.39 is 0 Å². The SMILES string of the molecule is CCc1ccc2c(Br)cc(Br)c(O)c2n1.CCc1ccc2cccc(O)c2n1.CCc1ccc2cccc(OC)c2n1.COc1cccc2ccc(C)nc12. The number of nitrogens with zero attached hydrogens (tertiary/aromatic N) is 4. The first-order chi connectivity index (χ1) is 26.6. The van der Waals surface area contributed by atoms with Crippen LogP contribution in [0.1, 0.15) is 43.5 Å². The van der Waals surface area contributed by atoms with Gasteiger partial charge in [0.15, 0.2) is 5.75 Å². The third kappa shape index (κ3) is 10.1. The molecule has 0 radical (unpaired) electrons. The van der Waals surface area contributed by atoms with E-state index in [2.05, 4.69) is 76.9 Å². The van der Waals surface area contributed by atoms with Crippen molar-refractivity contribution in [3.05, 3.63) is 141 Å². The Bertz CT molecular complexity index is 2560. The lowest BCUT2D eigenvalue weighted by Gasteiger charge is -2.06. The molecule has 8 nitrogen and oxygen atoms in total. The Morgan fingerprint density at radius 2 is 0.964 bits per heavy atom. The van der Waals surface area contributed by atoms with Gasteiger partial charge >= 0.3 is 0 Å². The first kappa shape index (κ1) is 40.9. The molecule has 4 aromatic heterocycles. The summed E-state index contributed by atoms with van der Waals surface area (Å²) >= 11 is 6.74. The van der Waals surface area contributed by atoms with Crippen molar-refractivity contribution in [3.8, 4) is 23.0 Å². The maximum Gasteiger partial charge on any atom is 0.156 e. The Labute approximate surface area is 338 Å². The standard InChI is InChI=1S/C12H13NO.C11H9Br2NO.2C11H11NO/c1-3-10-8-7-9-5-4-6-11(14-2)12(9)13-10;1-2-6-3-4-7-8(12)5-9(13)11(15)10(7)14-6;1-8-6-7-9-4-3-5-10(13-2)11(9)12-8;1-2-9-7-6-8-4-3-5-10(13)11(8)12-9/h4-8H,3H2,1-2H3;3-5,15H,2H2,1H3;3-7H,1-2H3;3-7,13H,2H2,1H3. The summed E-state index contributed by atoms with van der Waals surface area (Å²) < 4.78 is 12.1. The zero-order valence-corrected chi connectivity index (χ0v) is 34.9. The highest BCUT2D eigenvalue weighted by molar-refractivity contribution is 9.11. The third-order valence-corrected chi connectivity index (χ3v) is 10.0. The van der Waals surface area contributed by atoms with Crippen LogP contribution in [0.5, 0.6) is 23.0 Å². The van der Waals surface area contributed by atoms with E-state index in [0.29, 0.717) is 15.5 Å². The monoisotopic (exact) mass is 862 g/mol. The lowest BCUT2D eigenvalue weighted by molar-refractivity contribution is 0.418. The average molecular weight is 865 g/mol. The summed E-state index contributed by atoms with van der Waals surface area (Å²) in [6, 6.07) is 35.3. The van der Waals surface area contributed by atoms with E-state index in [1.165, 1.54) is 0 Å². The molecule has 0 amide bonds. The Kier molecular flexibility index (Phi) is 14.4. The largest absolute Gasteiger partial charge is 0.506 e. The van der Waals surface area contributed by atoms with Gasteiger partial charge in [0.2, 0.25) is 0 Å². The van der Waals surface area contributed by atoms with Crippen molar-refractivity contribution in [1.29, 1.82) is 0 Å². The van der Waals surface area contributed by atoms with E-state index in [9.17, 15) is 10.2 Å². The van der Waals surface area contributed by atoms with Crippen molar-refractivity contribution < 1.29 is 19.7 Å². The molecular formula is C45H44Br2N4O4. The second-order valence-corrected chi connectivity index (χ2v) is 14.1. The Hall–Kier alpha value is -5.32. The van der Waals surface area contributed by atoms with E-state index in [1.54, 1.807) is 20.3 Å². The predicted octanol–water partition coefficient (Wildman–Crippen LogP) is 11.9. The summed E-state index contributed by atoms with van der Waals surface area (Å²) in [5.74, 6) is 2.13. The highest BCUT2D eigenvalue weighted by Crippen LogP contribution is 2.36. The lowest BCUT2D eigenvalue weighted by Crippen LogP contribution is -1.91. The number of hydrogen-bond donors (Lipinski definition) is 2. The fourth-order valence-electron chi connectivity index (χ4n) is 5.71. The lowest BCUT2D eigenvalue weighted by atomic mass is 10.2. The zero-order valence-electron chi connectivity index (χ0n) is 31.8. The fraction of sp³-hybridized carbons (Fsp3) is 0.200. The van der Waals surface area contributed by atoms with Gasteiger partial charge in [-0.1, -0.05) is 91.3 Å². The molecule has 0 saturated heterocycles. The molecule has 282 valence electrons. The molecule has 2 N–H and O–H groups in total. The van der Waals surface area contributed by atoms with Gasteiger partial charge in [-0.25, -0.2) is 19.9 Å². The number of rotatable bonds is 5. The molecule has 0 atom stereocenters. The van der Waals surface area contributed by atoms with Crippen LogP contribution in [-0.2, 0) is 19.3 Å². The molecule has 0 aliphatic rings. The molecule has 8 aromatic rings. The van der Waals surface area contributed by atoms with E-state index >= 15 is 0 Å². The number of para-hydroxylation sites is 3. The molecule has 0 aliphatic heterocycles. The van der Waals surface area contributed by atoms with Crippen molar-refractivity contribution in [2.45, 2.75) is 47.0 Å². The number of pyridine rings is 4. The number of ether oxygens (including phenoxy) is 2. The predicted molar refractivity (Wildman–Crippen MR) is 232 cm³/mol. The number of fused-ring (bicyclic) bond motifs is 4. The second kappa shape index (κ2) is 19.3. The number of aromatic hydroxyl groups is 2. The van der Waals surface area contributed by atoms with Crippen LogP contribution in [0.4, 0.5) is 0 Å². The minimum absolute atomic E-state index is 0.198. The van der Waals surface area contributed by atoms with Gasteiger partial charge in [0.25, 0.3) is 0 Å². The smallest absolute Gasteiger partial charge is 0.156 e. The van der Waals surface area contributed by atoms with Gasteiger partial charge in [0.05, 0.1) is 18.7 Å². The summed E-state index contributed by atoms with van der Waals surface area (Å²) in [6.07, 6.45) is 2.71. The molecule has 4 aromatic carbocycles. The number of methoxy groups -OCH3 is 2. The van der Waals surface area contributed by atoms with Gasteiger partial charge in [-0.05, 0) is 96.7 Å². The third-order valence-electron chi connectivity index (χ3n) is 8.76. The summed E-state index contributed by atoms with van der Waals surface area (Å²) in [7, 11) is 3.34. The number of aromatic nitrogens is 4. The van der Waals surface area contributed by atoms with Crippen LogP contribution in [0.3, 0.4) is 0 Å². The molecule has 0 aliphatic carbocycles. The molecule has 8 rings (SSSR count). The number of benzene rings is 4. The van der Waals surface area contributed by atoms with Crippen molar-refractivity contribution in [2.24, 2.45) is 0 Å². The van der Waals surface area contributed by atoms with Crippen molar-refractivity contribution in [2.75, 3.05) is 14.2 Å². The van der Waals surface area contributed by atoms with Crippen LogP contribution in [0.15, 0.2) is 118 Å². The molecule has 55 heavy (non-hydrogen) atoms. The Morgan fingerprint density at radius 3 is 1.51 bits per heavy atom. The summed E-state index contributed by atoms with van der Waals surface area (Å²) in [5.41, 5.74) is 7.31. The summed E-state index contributed by atoms with van der Waals surface area (Å²) in [6.45, 7) is 8.17. The van der Waals surface area contributed by atoms with Gasteiger partial charge < -0.3 is 19.7 Å². The number of halogens is 2. The molecule has 0 fully saturated rings. The number of phenolic OH excluding ortho intramolecular Hbond substituents is 2. The maximum atomic E-state index is 9.87. The van der Waals surface area contributed by atoms with E-state index in [-0.39, 0.29) is 11.5 Å². The van der Waals surface area contributed by atoms with Crippen LogP contribution in [0, 0.1) is 6.92 Å². The van der Waals surface area contributed by atoms with Gasteiger partial charge in [0.1, 0.15) is 39.3 Å². The van der Waals surface area contributed by atoms with Crippen molar-refractivity contribution >= 4 is 75.5 Å². The van der Waals surface area contributed by atoms with Crippen molar-refractivity contribution in [3.63, 3.8) is 0 Å². The van der Waals surface area contributed by atoms with Crippen LogP contribution in [0.25, 0.3) is 43.6 Å². The van der Waals surface area contributed by atoms with Crippen LogP contribution < -0.4 is 9.47 Å². The highest BCUT2D eigenvalue weighted by Gasteiger charge is 2.10. The highest BCUT2D eigenvalue weighted by atomic mass is 79.9. The fourth-order valence-corrected chi connectivity index (χ4v) is 6.99. The van der Waals surface area contributed by atoms with Gasteiger partial charge in [-0.3, -0.25) is 0 Å². The van der Waals surface area contributed by atoms with Gasteiger partial charge in [-0.15, -0.1) is 0 Å². The topological polar surface area (TPSA) is 110 Å². The Morgan fingerprint density at radius 1 is 0.509 bits per heavy atom. The van der Waals surface area contributed by atoms with Crippen LogP contribution in [0.2, 0.25) is 0 Å². The zero-order chi connectivity index (χ0) is 39.5. The summed E-state index contributed by atoms with van der Waals surface area (Å²) in [5, 5.41) is 23.6. The van der Waals surface area contributed by atoms with Crippen molar-refractivity contribution in [1.82, 2.24) is 19.9 Å². The number of hydrogen-bond acceptors (Lipinski definition) is 8. The molecule has 4 heterocycles. The molecular weight excluding hydrogens is 820 g/mol. The summed E-state index contributed by atoms with van der Waals surface area (Å²) in [4.78, 5) is 17.7. The van der Waals surface area contributed by atoms with E-state index in [0.717, 1.165) is 90.6 Å². The number of phenols is 2. The van der Waals surface area contributed by atoms with Crippen LogP contribution in [-0.4, -0.2) is 44.4 Å². The molecule has 0 saturated carbocycles. The minimum Gasteiger partial charge on any atom is -0.506 e. The quantitative estimate of drug-likeness (QED) is 0.176. The van der Waals surface area contributed by atoms with E-state index in [4.69, 9.17) is 9.47 Å². The van der Waals surface area contributed by atoms with E-state index in [1.807, 2.05) is 106 Å². The second-order valence-electron chi connectivity index (χ2n) is 12.4. The average Bonchev–Trinajstić information content (AvgIpc) is 3.22. The molecule has 0 bridgehead atoms. The van der Waals surface area contributed by atoms with Gasteiger partial charge in [-0.2, -0.15) is 0 Å². The maximum absolute atomic E-state index is 9.87. The Balaban J connectivity index is 0.000000141. The normalized spacial score (nSPS) is 10.5. The minimum atomic E-state index is 0.198.